The second-order valence-corrected chi connectivity index (χ2v) is 7.71. The van der Waals surface area contributed by atoms with Gasteiger partial charge in [-0.25, -0.2) is 0 Å². The van der Waals surface area contributed by atoms with Gasteiger partial charge in [0, 0.05) is 22.5 Å². The Morgan fingerprint density at radius 1 is 1.03 bits per heavy atom. The normalized spacial score (nSPS) is 12.2. The summed E-state index contributed by atoms with van der Waals surface area (Å²) in [6.07, 6.45) is 1.43. The quantitative estimate of drug-likeness (QED) is 0.418. The number of ether oxygens (including phenoxy) is 2. The van der Waals surface area contributed by atoms with Crippen LogP contribution in [0.3, 0.4) is 0 Å². The number of anilines is 1. The third-order valence-electron chi connectivity index (χ3n) is 4.49. The van der Waals surface area contributed by atoms with Crippen molar-refractivity contribution < 1.29 is 14.3 Å². The van der Waals surface area contributed by atoms with Crippen molar-refractivity contribution in [3.8, 4) is 17.6 Å². The van der Waals surface area contributed by atoms with Crippen LogP contribution in [0, 0.1) is 11.3 Å². The minimum atomic E-state index is -0.458. The van der Waals surface area contributed by atoms with Crippen LogP contribution in [0.1, 0.15) is 5.56 Å². The van der Waals surface area contributed by atoms with Gasteiger partial charge in [-0.3, -0.25) is 4.79 Å². The number of nitrogens with zero attached hydrogens (tertiary/aromatic N) is 1. The molecular formula is C24H19N3O3S. The first-order valence-electron chi connectivity index (χ1n) is 9.58. The number of hydrogen-bond donors (Lipinski definition) is 2. The summed E-state index contributed by atoms with van der Waals surface area (Å²) in [5, 5.41) is 15.3. The molecule has 3 aromatic carbocycles. The number of fused-ring (bicyclic) bond motifs is 1. The molecule has 7 heteroatoms. The van der Waals surface area contributed by atoms with Gasteiger partial charge in [0.15, 0.2) is 11.5 Å². The maximum atomic E-state index is 12.5. The van der Waals surface area contributed by atoms with E-state index in [-0.39, 0.29) is 18.9 Å². The Balaban J connectivity index is 1.40. The van der Waals surface area contributed by atoms with Crippen molar-refractivity contribution in [3.63, 3.8) is 0 Å². The highest BCUT2D eigenvalue weighted by Gasteiger charge is 2.14. The van der Waals surface area contributed by atoms with Crippen molar-refractivity contribution >= 4 is 23.4 Å². The predicted molar refractivity (Wildman–Crippen MR) is 119 cm³/mol. The summed E-state index contributed by atoms with van der Waals surface area (Å²) in [7, 11) is 0. The Kier molecular flexibility index (Phi) is 6.41. The zero-order valence-electron chi connectivity index (χ0n) is 16.5. The van der Waals surface area contributed by atoms with E-state index < -0.39 is 5.91 Å². The average molecular weight is 430 g/mol. The number of benzene rings is 3. The van der Waals surface area contributed by atoms with Gasteiger partial charge in [0.2, 0.25) is 6.79 Å². The second-order valence-electron chi connectivity index (χ2n) is 6.60. The van der Waals surface area contributed by atoms with Crippen LogP contribution in [0.5, 0.6) is 11.5 Å². The molecule has 3 aromatic rings. The van der Waals surface area contributed by atoms with E-state index in [2.05, 4.69) is 10.6 Å². The lowest BCUT2D eigenvalue weighted by atomic mass is 10.2. The molecule has 0 spiro atoms. The van der Waals surface area contributed by atoms with Crippen molar-refractivity contribution in [1.29, 1.82) is 5.26 Å². The van der Waals surface area contributed by atoms with E-state index in [1.165, 1.54) is 6.20 Å². The van der Waals surface area contributed by atoms with E-state index in [1.807, 2.05) is 72.8 Å². The summed E-state index contributed by atoms with van der Waals surface area (Å²) in [4.78, 5) is 14.6. The number of amides is 1. The van der Waals surface area contributed by atoms with Gasteiger partial charge in [-0.15, -0.1) is 0 Å². The molecule has 1 aliphatic rings. The van der Waals surface area contributed by atoms with Gasteiger partial charge in [-0.1, -0.05) is 48.2 Å². The van der Waals surface area contributed by atoms with Crippen LogP contribution in [-0.4, -0.2) is 12.7 Å². The molecule has 0 aromatic heterocycles. The molecule has 31 heavy (non-hydrogen) atoms. The molecule has 6 nitrogen and oxygen atoms in total. The SMILES string of the molecule is N#C/C(=C/Nc1ccccc1Sc1ccccc1)C(=O)NCc1ccc2c(c1)OCO2. The van der Waals surface area contributed by atoms with Crippen LogP contribution in [0.4, 0.5) is 5.69 Å². The van der Waals surface area contributed by atoms with Gasteiger partial charge in [-0.05, 0) is 42.0 Å². The Bertz CT molecular complexity index is 1160. The molecule has 4 rings (SSSR count). The summed E-state index contributed by atoms with van der Waals surface area (Å²) in [5.41, 5.74) is 1.65. The molecule has 0 saturated carbocycles. The predicted octanol–water partition coefficient (Wildman–Crippen LogP) is 4.70. The van der Waals surface area contributed by atoms with Crippen molar-refractivity contribution in [1.82, 2.24) is 5.32 Å². The van der Waals surface area contributed by atoms with Crippen LogP contribution < -0.4 is 20.1 Å². The second kappa shape index (κ2) is 9.74. The Morgan fingerprint density at radius 3 is 2.65 bits per heavy atom. The smallest absolute Gasteiger partial charge is 0.263 e. The fourth-order valence-electron chi connectivity index (χ4n) is 2.92. The van der Waals surface area contributed by atoms with Crippen LogP contribution in [0.15, 0.2) is 94.4 Å². The highest BCUT2D eigenvalue weighted by atomic mass is 32.2. The highest BCUT2D eigenvalue weighted by molar-refractivity contribution is 7.99. The van der Waals surface area contributed by atoms with Crippen molar-refractivity contribution in [2.75, 3.05) is 12.1 Å². The minimum absolute atomic E-state index is 0.0137. The molecule has 2 N–H and O–H groups in total. The number of nitriles is 1. The lowest BCUT2D eigenvalue weighted by Crippen LogP contribution is -2.24. The number of para-hydroxylation sites is 1. The van der Waals surface area contributed by atoms with Crippen molar-refractivity contribution in [3.05, 3.63) is 90.1 Å². The van der Waals surface area contributed by atoms with Crippen LogP contribution in [0.25, 0.3) is 0 Å². The molecule has 0 bridgehead atoms. The fraction of sp³-hybridized carbons (Fsp3) is 0.0833. The molecule has 1 amide bonds. The Morgan fingerprint density at radius 2 is 1.81 bits per heavy atom. The van der Waals surface area contributed by atoms with Gasteiger partial charge >= 0.3 is 0 Å². The van der Waals surface area contributed by atoms with Gasteiger partial charge in [0.1, 0.15) is 11.6 Å². The van der Waals surface area contributed by atoms with Gasteiger partial charge in [0.05, 0.1) is 5.69 Å². The molecule has 0 fully saturated rings. The summed E-state index contributed by atoms with van der Waals surface area (Å²) < 4.78 is 10.6. The summed E-state index contributed by atoms with van der Waals surface area (Å²) >= 11 is 1.60. The lowest BCUT2D eigenvalue weighted by molar-refractivity contribution is -0.117. The molecule has 0 aliphatic carbocycles. The number of carbonyl (C=O) groups is 1. The monoisotopic (exact) mass is 429 g/mol. The molecule has 0 saturated heterocycles. The first kappa shape index (κ1) is 20.4. The average Bonchev–Trinajstić information content (AvgIpc) is 3.28. The van der Waals surface area contributed by atoms with Crippen LogP contribution >= 0.6 is 11.8 Å². The van der Waals surface area contributed by atoms with Crippen molar-refractivity contribution in [2.45, 2.75) is 16.3 Å². The Hall–Kier alpha value is -3.89. The number of rotatable bonds is 7. The zero-order valence-corrected chi connectivity index (χ0v) is 17.3. The van der Waals surface area contributed by atoms with E-state index in [9.17, 15) is 10.1 Å². The minimum Gasteiger partial charge on any atom is -0.454 e. The highest BCUT2D eigenvalue weighted by Crippen LogP contribution is 2.33. The van der Waals surface area contributed by atoms with Crippen LogP contribution in [0.2, 0.25) is 0 Å². The number of nitrogens with one attached hydrogen (secondary N) is 2. The van der Waals surface area contributed by atoms with E-state index in [0.717, 1.165) is 21.0 Å². The van der Waals surface area contributed by atoms with Gasteiger partial charge in [-0.2, -0.15) is 5.26 Å². The van der Waals surface area contributed by atoms with Crippen LogP contribution in [-0.2, 0) is 11.3 Å². The molecule has 0 atom stereocenters. The maximum Gasteiger partial charge on any atom is 0.263 e. The summed E-state index contributed by atoms with van der Waals surface area (Å²) in [5.74, 6) is 0.877. The molecule has 1 heterocycles. The van der Waals surface area contributed by atoms with Gasteiger partial charge in [0.25, 0.3) is 5.91 Å². The number of hydrogen-bond acceptors (Lipinski definition) is 6. The summed E-state index contributed by atoms with van der Waals surface area (Å²) in [6, 6.07) is 25.1. The fourth-order valence-corrected chi connectivity index (χ4v) is 3.85. The zero-order chi connectivity index (χ0) is 21.5. The number of carbonyl (C=O) groups excluding carboxylic acids is 1. The topological polar surface area (TPSA) is 83.4 Å². The molecular weight excluding hydrogens is 410 g/mol. The third-order valence-corrected chi connectivity index (χ3v) is 5.57. The first-order valence-corrected chi connectivity index (χ1v) is 10.4. The van der Waals surface area contributed by atoms with E-state index in [4.69, 9.17) is 9.47 Å². The molecule has 0 radical (unpaired) electrons. The van der Waals surface area contributed by atoms with E-state index in [0.29, 0.717) is 11.5 Å². The molecule has 154 valence electrons. The molecule has 0 unspecified atom stereocenters. The standard InChI is InChI=1S/C24H19N3O3S/c25-13-18(24(28)27-14-17-10-11-21-22(12-17)30-16-29-21)15-26-20-8-4-5-9-23(20)31-19-6-2-1-3-7-19/h1-12,15,26H,14,16H2,(H,27,28)/b18-15-. The third kappa shape index (κ3) is 5.18. The van der Waals surface area contributed by atoms with E-state index >= 15 is 0 Å². The lowest BCUT2D eigenvalue weighted by Gasteiger charge is -2.10. The first-order chi connectivity index (χ1) is 15.2. The van der Waals surface area contributed by atoms with Crippen molar-refractivity contribution in [2.24, 2.45) is 0 Å². The van der Waals surface area contributed by atoms with E-state index in [1.54, 1.807) is 17.8 Å². The largest absolute Gasteiger partial charge is 0.454 e. The summed E-state index contributed by atoms with van der Waals surface area (Å²) in [6.45, 7) is 0.469. The molecule has 1 aliphatic heterocycles. The van der Waals surface area contributed by atoms with Gasteiger partial charge < -0.3 is 20.1 Å². The Labute approximate surface area is 184 Å². The maximum absolute atomic E-state index is 12.5.